The fraction of sp³-hybridized carbons (Fsp3) is 0.750. The molecule has 2 aliphatic heterocycles. The van der Waals surface area contributed by atoms with Gasteiger partial charge < -0.3 is 20.1 Å². The normalized spacial score (nSPS) is 23.8. The molecule has 3 rings (SSSR count). The van der Waals surface area contributed by atoms with Crippen LogP contribution in [0.3, 0.4) is 0 Å². The highest BCUT2D eigenvalue weighted by atomic mass is 127. The molecule has 2 N–H and O–H groups in total. The third-order valence-electron chi connectivity index (χ3n) is 5.69. The lowest BCUT2D eigenvalue weighted by molar-refractivity contribution is -0.0334. The van der Waals surface area contributed by atoms with Crippen LogP contribution >= 0.6 is 47.1 Å². The van der Waals surface area contributed by atoms with Crippen LogP contribution in [0.2, 0.25) is 0 Å². The van der Waals surface area contributed by atoms with Gasteiger partial charge in [0.1, 0.15) is 0 Å². The summed E-state index contributed by atoms with van der Waals surface area (Å²) in [6.07, 6.45) is 4.66. The molecule has 1 aromatic rings. The van der Waals surface area contributed by atoms with Crippen LogP contribution in [0.25, 0.3) is 0 Å². The van der Waals surface area contributed by atoms with Crippen molar-refractivity contribution in [1.82, 2.24) is 15.5 Å². The summed E-state index contributed by atoms with van der Waals surface area (Å²) in [7, 11) is 1.85. The maximum absolute atomic E-state index is 5.74. The molecule has 166 valence electrons. The average Bonchev–Trinajstić information content (AvgIpc) is 3.26. The zero-order valence-electron chi connectivity index (χ0n) is 17.7. The van der Waals surface area contributed by atoms with E-state index in [2.05, 4.69) is 51.2 Å². The zero-order chi connectivity index (χ0) is 19.8. The van der Waals surface area contributed by atoms with Crippen molar-refractivity contribution in [2.45, 2.75) is 36.7 Å². The summed E-state index contributed by atoms with van der Waals surface area (Å²) >= 11 is 3.77. The van der Waals surface area contributed by atoms with Crippen LogP contribution in [0.4, 0.5) is 0 Å². The van der Waals surface area contributed by atoms with Crippen LogP contribution < -0.4 is 10.6 Å². The van der Waals surface area contributed by atoms with Gasteiger partial charge in [0.2, 0.25) is 0 Å². The third-order valence-corrected chi connectivity index (χ3v) is 8.08. The lowest BCUT2D eigenvalue weighted by Crippen LogP contribution is -2.50. The Morgan fingerprint density at radius 2 is 2.17 bits per heavy atom. The number of thioether (sulfide) groups is 1. The molecule has 2 atom stereocenters. The highest BCUT2D eigenvalue weighted by Crippen LogP contribution is 2.33. The van der Waals surface area contributed by atoms with Crippen LogP contribution in [0.1, 0.15) is 30.7 Å². The minimum absolute atomic E-state index is 0. The Balaban J connectivity index is 0.00000300. The summed E-state index contributed by atoms with van der Waals surface area (Å²) in [4.78, 5) is 8.39. The molecule has 6 nitrogen and oxygen atoms in total. The monoisotopic (exact) mass is 554 g/mol. The van der Waals surface area contributed by atoms with E-state index in [4.69, 9.17) is 9.47 Å². The van der Waals surface area contributed by atoms with Gasteiger partial charge in [0.05, 0.1) is 18.8 Å². The molecule has 9 heteroatoms. The molecule has 0 bridgehead atoms. The standard InChI is InChI=1S/C20H34N4O2S2.HI/c1-16-14-24(8-11-26-16)17(18-5-4-12-28-18)13-22-19(21-2)23-15-20(27-3)6-9-25-10-7-20;/h4-5,12,16-17H,6-11,13-15H2,1-3H3,(H2,21,22,23);1H. The average molecular weight is 555 g/mol. The van der Waals surface area contributed by atoms with Gasteiger partial charge in [-0.1, -0.05) is 6.07 Å². The van der Waals surface area contributed by atoms with Crippen LogP contribution in [0, 0.1) is 0 Å². The fourth-order valence-electron chi connectivity index (χ4n) is 3.87. The van der Waals surface area contributed by atoms with Crippen molar-refractivity contribution in [3.8, 4) is 0 Å². The molecule has 0 saturated carbocycles. The first-order valence-corrected chi connectivity index (χ1v) is 12.2. The molecular formula is C20H35IN4O2S2. The summed E-state index contributed by atoms with van der Waals surface area (Å²) in [6.45, 7) is 8.34. The number of ether oxygens (including phenoxy) is 2. The van der Waals surface area contributed by atoms with Gasteiger partial charge in [0.25, 0.3) is 0 Å². The van der Waals surface area contributed by atoms with E-state index in [1.807, 2.05) is 30.1 Å². The maximum atomic E-state index is 5.74. The first-order chi connectivity index (χ1) is 13.7. The Bertz CT molecular complexity index is 612. The van der Waals surface area contributed by atoms with E-state index in [-0.39, 0.29) is 34.8 Å². The van der Waals surface area contributed by atoms with Gasteiger partial charge in [-0.2, -0.15) is 11.8 Å². The van der Waals surface area contributed by atoms with Gasteiger partial charge in [-0.25, -0.2) is 0 Å². The fourth-order valence-corrected chi connectivity index (χ4v) is 5.53. The predicted octanol–water partition coefficient (Wildman–Crippen LogP) is 3.21. The first-order valence-electron chi connectivity index (χ1n) is 10.1. The van der Waals surface area contributed by atoms with Crippen molar-refractivity contribution in [2.24, 2.45) is 4.99 Å². The lowest BCUT2D eigenvalue weighted by Gasteiger charge is -2.38. The van der Waals surface area contributed by atoms with E-state index < -0.39 is 0 Å². The molecule has 29 heavy (non-hydrogen) atoms. The maximum Gasteiger partial charge on any atom is 0.191 e. The van der Waals surface area contributed by atoms with Gasteiger partial charge >= 0.3 is 0 Å². The number of aliphatic imine (C=N–C) groups is 1. The van der Waals surface area contributed by atoms with E-state index in [0.717, 1.165) is 64.8 Å². The Morgan fingerprint density at radius 1 is 1.38 bits per heavy atom. The summed E-state index contributed by atoms with van der Waals surface area (Å²) in [5.74, 6) is 0.878. The number of thiophene rings is 1. The third kappa shape index (κ3) is 7.24. The second-order valence-corrected chi connectivity index (χ2v) is 9.77. The SMILES string of the molecule is CN=C(NCC(c1cccs1)N1CCOC(C)C1)NCC1(SC)CCOCC1.I. The molecule has 2 saturated heterocycles. The van der Waals surface area contributed by atoms with E-state index in [0.29, 0.717) is 6.04 Å². The highest BCUT2D eigenvalue weighted by Gasteiger charge is 2.32. The van der Waals surface area contributed by atoms with Crippen molar-refractivity contribution in [1.29, 1.82) is 0 Å². The minimum Gasteiger partial charge on any atom is -0.381 e. The first kappa shape index (κ1) is 25.2. The van der Waals surface area contributed by atoms with Crippen molar-refractivity contribution in [3.63, 3.8) is 0 Å². The predicted molar refractivity (Wildman–Crippen MR) is 135 cm³/mol. The van der Waals surface area contributed by atoms with Gasteiger partial charge in [0.15, 0.2) is 5.96 Å². The molecule has 0 spiro atoms. The van der Waals surface area contributed by atoms with Crippen molar-refractivity contribution < 1.29 is 9.47 Å². The van der Waals surface area contributed by atoms with Gasteiger partial charge in [-0.3, -0.25) is 9.89 Å². The van der Waals surface area contributed by atoms with Crippen LogP contribution in [-0.4, -0.2) is 81.0 Å². The Hall–Kier alpha value is -0.0700. The van der Waals surface area contributed by atoms with E-state index in [1.54, 1.807) is 0 Å². The smallest absolute Gasteiger partial charge is 0.191 e. The molecule has 0 aliphatic carbocycles. The Labute approximate surface area is 200 Å². The Kier molecular flexibility index (Phi) is 11.0. The minimum atomic E-state index is 0. The van der Waals surface area contributed by atoms with E-state index >= 15 is 0 Å². The summed E-state index contributed by atoms with van der Waals surface area (Å²) in [5, 5.41) is 9.30. The highest BCUT2D eigenvalue weighted by molar-refractivity contribution is 14.0. The molecule has 0 aromatic carbocycles. The zero-order valence-corrected chi connectivity index (χ0v) is 21.6. The molecular weight excluding hydrogens is 519 g/mol. The molecule has 0 radical (unpaired) electrons. The molecule has 2 fully saturated rings. The molecule has 1 aromatic heterocycles. The van der Waals surface area contributed by atoms with Crippen LogP contribution in [0.5, 0.6) is 0 Å². The van der Waals surface area contributed by atoms with E-state index in [9.17, 15) is 0 Å². The molecule has 2 aliphatic rings. The van der Waals surface area contributed by atoms with Crippen LogP contribution in [0.15, 0.2) is 22.5 Å². The van der Waals surface area contributed by atoms with Gasteiger partial charge in [-0.15, -0.1) is 35.3 Å². The van der Waals surface area contributed by atoms with Crippen LogP contribution in [-0.2, 0) is 9.47 Å². The summed E-state index contributed by atoms with van der Waals surface area (Å²) in [5.41, 5.74) is 0. The number of nitrogens with zero attached hydrogens (tertiary/aromatic N) is 2. The van der Waals surface area contributed by atoms with Crippen molar-refractivity contribution in [2.75, 3.05) is 59.3 Å². The molecule has 0 amide bonds. The number of rotatable bonds is 7. The van der Waals surface area contributed by atoms with Crippen molar-refractivity contribution in [3.05, 3.63) is 22.4 Å². The van der Waals surface area contributed by atoms with E-state index in [1.165, 1.54) is 4.88 Å². The van der Waals surface area contributed by atoms with Crippen molar-refractivity contribution >= 4 is 53.0 Å². The number of nitrogens with one attached hydrogen (secondary N) is 2. The molecule has 2 unspecified atom stereocenters. The largest absolute Gasteiger partial charge is 0.381 e. The second kappa shape index (κ2) is 12.7. The quantitative estimate of drug-likeness (QED) is 0.307. The number of morpholine rings is 1. The number of hydrogen-bond donors (Lipinski definition) is 2. The Morgan fingerprint density at radius 3 is 2.79 bits per heavy atom. The second-order valence-electron chi connectivity index (χ2n) is 7.51. The van der Waals surface area contributed by atoms with Gasteiger partial charge in [-0.05, 0) is 37.5 Å². The topological polar surface area (TPSA) is 58.1 Å². The van der Waals surface area contributed by atoms with Gasteiger partial charge in [0, 0.05) is 56.1 Å². The number of guanidine groups is 1. The summed E-state index contributed by atoms with van der Waals surface area (Å²) < 4.78 is 11.5. The summed E-state index contributed by atoms with van der Waals surface area (Å²) in [6, 6.07) is 4.71. The lowest BCUT2D eigenvalue weighted by atomic mass is 9.99. The molecule has 3 heterocycles. The number of halogens is 1. The number of hydrogen-bond acceptors (Lipinski definition) is 6.